The molecule has 8 nitrogen and oxygen atoms in total. The van der Waals surface area contributed by atoms with E-state index in [0.29, 0.717) is 44.4 Å². The number of nitrogens with zero attached hydrogens (tertiary/aromatic N) is 3. The minimum absolute atomic E-state index is 0.192. The van der Waals surface area contributed by atoms with Crippen LogP contribution in [-0.2, 0) is 6.54 Å². The third-order valence-electron chi connectivity index (χ3n) is 5.68. The van der Waals surface area contributed by atoms with Gasteiger partial charge in [0.2, 0.25) is 6.79 Å². The van der Waals surface area contributed by atoms with E-state index in [-0.39, 0.29) is 30.6 Å². The maximum atomic E-state index is 13.4. The third-order valence-corrected chi connectivity index (χ3v) is 5.92. The molecule has 0 saturated heterocycles. The van der Waals surface area contributed by atoms with Crippen LogP contribution in [-0.4, -0.2) is 27.2 Å². The fourth-order valence-electron chi connectivity index (χ4n) is 4.08. The molecule has 1 aliphatic heterocycles. The Morgan fingerprint density at radius 2 is 1.79 bits per heavy atom. The molecule has 9 heteroatoms. The number of carbonyl (C=O) groups excluding carboxylic acids is 1. The summed E-state index contributed by atoms with van der Waals surface area (Å²) in [5, 5.41) is 3.48. The molecule has 0 aliphatic carbocycles. The second kappa shape index (κ2) is 7.93. The summed E-state index contributed by atoms with van der Waals surface area (Å²) in [6.45, 7) is 0.469. The third kappa shape index (κ3) is 3.36. The second-order valence-electron chi connectivity index (χ2n) is 7.83. The van der Waals surface area contributed by atoms with Crippen LogP contribution in [0.1, 0.15) is 15.9 Å². The Balaban J connectivity index is 1.45. The number of anilines is 1. The number of aromatic nitrogens is 3. The van der Waals surface area contributed by atoms with Crippen molar-refractivity contribution in [1.82, 2.24) is 19.9 Å². The topological polar surface area (TPSA) is 104 Å². The number of nitrogens with one attached hydrogen (secondary N) is 1. The maximum Gasteiger partial charge on any atom is 0.257 e. The van der Waals surface area contributed by atoms with Crippen molar-refractivity contribution in [2.45, 2.75) is 6.54 Å². The standard InChI is InChI=1S/C25H18ClN5O3/c26-15-4-3-5-16(11-15)31-23(27)21(22-24(31)30-18-7-2-1-6-17(18)29-22)25(32)28-12-14-8-9-19-20(10-14)34-13-33-19/h1-11H,12-13,27H2,(H,28,32). The van der Waals surface area contributed by atoms with E-state index in [0.717, 1.165) is 5.56 Å². The Hall–Kier alpha value is -4.30. The van der Waals surface area contributed by atoms with Gasteiger partial charge in [0.05, 0.1) is 16.7 Å². The molecule has 0 saturated carbocycles. The molecule has 6 rings (SSSR count). The van der Waals surface area contributed by atoms with Crippen LogP contribution >= 0.6 is 11.6 Å². The Bertz CT molecular complexity index is 1600. The van der Waals surface area contributed by atoms with Crippen molar-refractivity contribution >= 4 is 45.5 Å². The molecular weight excluding hydrogens is 454 g/mol. The number of hydrogen-bond acceptors (Lipinski definition) is 6. The monoisotopic (exact) mass is 471 g/mol. The summed E-state index contributed by atoms with van der Waals surface area (Å²) in [6, 6.07) is 20.2. The summed E-state index contributed by atoms with van der Waals surface area (Å²) in [7, 11) is 0. The lowest BCUT2D eigenvalue weighted by molar-refractivity contribution is 0.0953. The number of nitrogen functional groups attached to an aromatic ring is 1. The molecule has 5 aromatic rings. The molecule has 168 valence electrons. The Kier molecular flexibility index (Phi) is 4.74. The maximum absolute atomic E-state index is 13.4. The van der Waals surface area contributed by atoms with E-state index in [1.807, 2.05) is 54.6 Å². The number of carbonyl (C=O) groups is 1. The average Bonchev–Trinajstić information content (AvgIpc) is 3.42. The van der Waals surface area contributed by atoms with Crippen molar-refractivity contribution in [2.75, 3.05) is 12.5 Å². The zero-order valence-corrected chi connectivity index (χ0v) is 18.5. The molecule has 0 bridgehead atoms. The van der Waals surface area contributed by atoms with Gasteiger partial charge in [-0.1, -0.05) is 35.9 Å². The minimum Gasteiger partial charge on any atom is -0.454 e. The van der Waals surface area contributed by atoms with Crippen LogP contribution in [0.3, 0.4) is 0 Å². The summed E-state index contributed by atoms with van der Waals surface area (Å²) in [6.07, 6.45) is 0. The van der Waals surface area contributed by atoms with Gasteiger partial charge in [-0.05, 0) is 48.0 Å². The van der Waals surface area contributed by atoms with Crippen LogP contribution in [0.25, 0.3) is 27.9 Å². The predicted octanol–water partition coefficient (Wildman–Crippen LogP) is 4.47. The molecule has 0 radical (unpaired) electrons. The van der Waals surface area contributed by atoms with Crippen molar-refractivity contribution in [1.29, 1.82) is 0 Å². The number of nitrogens with two attached hydrogens (primary N) is 1. The fraction of sp³-hybridized carbons (Fsp3) is 0.0800. The van der Waals surface area contributed by atoms with Gasteiger partial charge >= 0.3 is 0 Å². The fourth-order valence-corrected chi connectivity index (χ4v) is 4.27. The second-order valence-corrected chi connectivity index (χ2v) is 8.27. The Morgan fingerprint density at radius 1 is 1.00 bits per heavy atom. The first kappa shape index (κ1) is 20.3. The lowest BCUT2D eigenvalue weighted by Crippen LogP contribution is -2.24. The van der Waals surface area contributed by atoms with Crippen LogP contribution in [0, 0.1) is 0 Å². The van der Waals surface area contributed by atoms with Gasteiger partial charge in [-0.15, -0.1) is 0 Å². The van der Waals surface area contributed by atoms with Gasteiger partial charge < -0.3 is 20.5 Å². The van der Waals surface area contributed by atoms with Gasteiger partial charge in [0, 0.05) is 11.6 Å². The predicted molar refractivity (Wildman–Crippen MR) is 130 cm³/mol. The number of hydrogen-bond donors (Lipinski definition) is 2. The Labute approximate surface area is 198 Å². The number of rotatable bonds is 4. The van der Waals surface area contributed by atoms with Crippen molar-refractivity contribution in [2.24, 2.45) is 0 Å². The number of halogens is 1. The molecule has 0 unspecified atom stereocenters. The van der Waals surface area contributed by atoms with Crippen LogP contribution in [0.15, 0.2) is 66.7 Å². The number of benzene rings is 3. The highest BCUT2D eigenvalue weighted by molar-refractivity contribution is 6.30. The van der Waals surface area contributed by atoms with Gasteiger partial charge in [-0.2, -0.15) is 0 Å². The minimum atomic E-state index is -0.356. The highest BCUT2D eigenvalue weighted by Crippen LogP contribution is 2.33. The van der Waals surface area contributed by atoms with E-state index in [2.05, 4.69) is 5.32 Å². The molecule has 1 amide bonds. The first-order chi connectivity index (χ1) is 16.6. The van der Waals surface area contributed by atoms with Gasteiger partial charge in [0.25, 0.3) is 5.91 Å². The van der Waals surface area contributed by atoms with E-state index in [1.54, 1.807) is 16.7 Å². The first-order valence-corrected chi connectivity index (χ1v) is 11.0. The van der Waals surface area contributed by atoms with Crippen LogP contribution in [0.4, 0.5) is 5.82 Å². The summed E-state index contributed by atoms with van der Waals surface area (Å²) in [5.74, 6) is 1.22. The molecular formula is C25H18ClN5O3. The van der Waals surface area contributed by atoms with Crippen molar-refractivity contribution in [3.05, 3.63) is 82.9 Å². The number of para-hydroxylation sites is 2. The lowest BCUT2D eigenvalue weighted by atomic mass is 10.2. The normalized spacial score (nSPS) is 12.4. The molecule has 34 heavy (non-hydrogen) atoms. The van der Waals surface area contributed by atoms with Gasteiger partial charge in [0.1, 0.15) is 16.9 Å². The average molecular weight is 472 g/mol. The van der Waals surface area contributed by atoms with E-state index in [9.17, 15) is 4.79 Å². The smallest absolute Gasteiger partial charge is 0.257 e. The number of fused-ring (bicyclic) bond motifs is 3. The summed E-state index contributed by atoms with van der Waals surface area (Å²) in [5.41, 5.74) is 10.6. The Morgan fingerprint density at radius 3 is 2.62 bits per heavy atom. The molecule has 3 aromatic carbocycles. The van der Waals surface area contributed by atoms with E-state index in [1.165, 1.54) is 0 Å². The molecule has 3 heterocycles. The van der Waals surface area contributed by atoms with Crippen LogP contribution < -0.4 is 20.5 Å². The quantitative estimate of drug-likeness (QED) is 0.401. The zero-order valence-electron chi connectivity index (χ0n) is 17.8. The molecule has 1 aliphatic rings. The van der Waals surface area contributed by atoms with Gasteiger partial charge in [0.15, 0.2) is 17.1 Å². The molecule has 2 aromatic heterocycles. The van der Waals surface area contributed by atoms with Crippen LogP contribution in [0.5, 0.6) is 11.5 Å². The summed E-state index contributed by atoms with van der Waals surface area (Å²) < 4.78 is 12.5. The van der Waals surface area contributed by atoms with Gasteiger partial charge in [-0.3, -0.25) is 9.36 Å². The molecule has 3 N–H and O–H groups in total. The van der Waals surface area contributed by atoms with Crippen molar-refractivity contribution in [3.8, 4) is 17.2 Å². The SMILES string of the molecule is Nc1c(C(=O)NCc2ccc3c(c2)OCO3)c2nc3ccccc3nc2n1-c1cccc(Cl)c1. The summed E-state index contributed by atoms with van der Waals surface area (Å²) in [4.78, 5) is 22.9. The zero-order chi connectivity index (χ0) is 23.2. The van der Waals surface area contributed by atoms with Crippen LogP contribution in [0.2, 0.25) is 5.02 Å². The largest absolute Gasteiger partial charge is 0.454 e. The summed E-state index contributed by atoms with van der Waals surface area (Å²) >= 11 is 6.23. The first-order valence-electron chi connectivity index (χ1n) is 10.6. The molecule has 0 spiro atoms. The van der Waals surface area contributed by atoms with E-state index in [4.69, 9.17) is 36.8 Å². The van der Waals surface area contributed by atoms with E-state index >= 15 is 0 Å². The number of amides is 1. The molecule has 0 atom stereocenters. The lowest BCUT2D eigenvalue weighted by Gasteiger charge is -2.09. The number of ether oxygens (including phenoxy) is 2. The van der Waals surface area contributed by atoms with E-state index < -0.39 is 0 Å². The highest BCUT2D eigenvalue weighted by atomic mass is 35.5. The highest BCUT2D eigenvalue weighted by Gasteiger charge is 2.25. The van der Waals surface area contributed by atoms with Gasteiger partial charge in [-0.25, -0.2) is 9.97 Å². The molecule has 0 fully saturated rings. The van der Waals surface area contributed by atoms with Crippen molar-refractivity contribution < 1.29 is 14.3 Å². The van der Waals surface area contributed by atoms with Crippen molar-refractivity contribution in [3.63, 3.8) is 0 Å².